The van der Waals surface area contributed by atoms with Crippen molar-refractivity contribution in [3.8, 4) is 0 Å². The molecular weight excluding hydrogens is 252 g/mol. The molecule has 1 aromatic rings. The molecule has 5 nitrogen and oxygen atoms in total. The molecule has 1 aliphatic rings. The largest absolute Gasteiger partial charge is 0.395 e. The summed E-state index contributed by atoms with van der Waals surface area (Å²) in [4.78, 5) is 12.4. The van der Waals surface area contributed by atoms with Gasteiger partial charge in [0, 0.05) is 13.1 Å². The van der Waals surface area contributed by atoms with Crippen molar-refractivity contribution in [2.75, 3.05) is 5.73 Å². The number of aromatic nitrogens is 2. The number of nitrogens with two attached hydrogens (primary N) is 1. The van der Waals surface area contributed by atoms with Gasteiger partial charge in [-0.1, -0.05) is 20.3 Å². The van der Waals surface area contributed by atoms with Crippen LogP contribution in [0.25, 0.3) is 0 Å². The second-order valence-electron chi connectivity index (χ2n) is 5.79. The lowest BCUT2D eigenvalue weighted by Gasteiger charge is -2.28. The molecule has 112 valence electrons. The molecule has 2 rings (SSSR count). The summed E-state index contributed by atoms with van der Waals surface area (Å²) in [5, 5.41) is 7.42. The van der Waals surface area contributed by atoms with E-state index in [1.165, 1.54) is 19.3 Å². The number of hydrogen-bond acceptors (Lipinski definition) is 3. The summed E-state index contributed by atoms with van der Waals surface area (Å²) in [6.07, 6.45) is 6.56. The summed E-state index contributed by atoms with van der Waals surface area (Å²) in [5.41, 5.74) is 7.84. The molecule has 0 aliphatic heterocycles. The molecule has 1 saturated carbocycles. The molecule has 0 radical (unpaired) electrons. The lowest BCUT2D eigenvalue weighted by molar-refractivity contribution is 0.0913. The van der Waals surface area contributed by atoms with E-state index in [1.54, 1.807) is 11.7 Å². The maximum Gasteiger partial charge on any atom is 0.271 e. The van der Waals surface area contributed by atoms with Crippen LogP contribution in [0.15, 0.2) is 0 Å². The van der Waals surface area contributed by atoms with Crippen LogP contribution in [0.3, 0.4) is 0 Å². The Morgan fingerprint density at radius 3 is 2.50 bits per heavy atom. The van der Waals surface area contributed by atoms with E-state index in [1.807, 2.05) is 6.92 Å². The Kier molecular flexibility index (Phi) is 4.68. The Hall–Kier alpha value is -1.52. The van der Waals surface area contributed by atoms with Gasteiger partial charge in [0.2, 0.25) is 0 Å². The number of amides is 1. The van der Waals surface area contributed by atoms with Crippen LogP contribution in [-0.2, 0) is 13.5 Å². The topological polar surface area (TPSA) is 72.9 Å². The van der Waals surface area contributed by atoms with Crippen LogP contribution in [0.1, 0.15) is 62.1 Å². The van der Waals surface area contributed by atoms with Crippen LogP contribution in [0.4, 0.5) is 5.69 Å². The van der Waals surface area contributed by atoms with Crippen LogP contribution in [0.2, 0.25) is 0 Å². The van der Waals surface area contributed by atoms with Crippen molar-refractivity contribution in [1.82, 2.24) is 15.1 Å². The van der Waals surface area contributed by atoms with Gasteiger partial charge in [-0.05, 0) is 38.0 Å². The van der Waals surface area contributed by atoms with E-state index in [0.29, 0.717) is 11.4 Å². The molecule has 0 bridgehead atoms. The second kappa shape index (κ2) is 6.29. The van der Waals surface area contributed by atoms with Gasteiger partial charge in [-0.15, -0.1) is 0 Å². The van der Waals surface area contributed by atoms with Gasteiger partial charge in [-0.25, -0.2) is 0 Å². The zero-order valence-corrected chi connectivity index (χ0v) is 12.8. The minimum Gasteiger partial charge on any atom is -0.395 e. The van der Waals surface area contributed by atoms with Crippen LogP contribution >= 0.6 is 0 Å². The normalized spacial score (nSPS) is 22.8. The molecule has 0 aromatic carbocycles. The lowest BCUT2D eigenvalue weighted by atomic mass is 9.84. The molecular formula is C15H26N4O. The van der Waals surface area contributed by atoms with Crippen LogP contribution in [0, 0.1) is 5.92 Å². The van der Waals surface area contributed by atoms with E-state index >= 15 is 0 Å². The fourth-order valence-corrected chi connectivity index (χ4v) is 3.10. The standard InChI is InChI=1S/C15H26N4O/c1-4-10-6-8-11(9-7-10)17-15(20)14-13(16)12(5-2)18-19(14)3/h10-11H,4-9,16H2,1-3H3,(H,17,20). The van der Waals surface area contributed by atoms with Gasteiger partial charge in [0.15, 0.2) is 0 Å². The number of nitrogen functional groups attached to an aromatic ring is 1. The molecule has 1 aliphatic carbocycles. The quantitative estimate of drug-likeness (QED) is 0.887. The zero-order chi connectivity index (χ0) is 14.7. The van der Waals surface area contributed by atoms with E-state index < -0.39 is 0 Å². The van der Waals surface area contributed by atoms with Crippen molar-refractivity contribution in [3.63, 3.8) is 0 Å². The van der Waals surface area contributed by atoms with Crippen molar-refractivity contribution in [1.29, 1.82) is 0 Å². The Morgan fingerprint density at radius 2 is 2.00 bits per heavy atom. The molecule has 1 amide bonds. The fraction of sp³-hybridized carbons (Fsp3) is 0.733. The number of anilines is 1. The summed E-state index contributed by atoms with van der Waals surface area (Å²) in [5.74, 6) is 0.744. The van der Waals surface area contributed by atoms with Crippen molar-refractivity contribution in [2.24, 2.45) is 13.0 Å². The number of nitrogens with zero attached hydrogens (tertiary/aromatic N) is 2. The minimum absolute atomic E-state index is 0.0860. The highest BCUT2D eigenvalue weighted by Gasteiger charge is 2.25. The highest BCUT2D eigenvalue weighted by atomic mass is 16.2. The second-order valence-corrected chi connectivity index (χ2v) is 5.79. The van der Waals surface area contributed by atoms with Crippen molar-refractivity contribution in [3.05, 3.63) is 11.4 Å². The SMILES string of the molecule is CCc1nn(C)c(C(=O)NC2CCC(CC)CC2)c1N. The smallest absolute Gasteiger partial charge is 0.271 e. The average Bonchev–Trinajstić information content (AvgIpc) is 2.74. The van der Waals surface area contributed by atoms with Gasteiger partial charge >= 0.3 is 0 Å². The highest BCUT2D eigenvalue weighted by Crippen LogP contribution is 2.27. The van der Waals surface area contributed by atoms with Crippen molar-refractivity contribution < 1.29 is 4.79 Å². The number of carbonyl (C=O) groups is 1. The van der Waals surface area contributed by atoms with E-state index in [0.717, 1.165) is 30.9 Å². The number of nitrogens with one attached hydrogen (secondary N) is 1. The Morgan fingerprint density at radius 1 is 1.35 bits per heavy atom. The van der Waals surface area contributed by atoms with E-state index in [-0.39, 0.29) is 11.9 Å². The Labute approximate surface area is 120 Å². The first kappa shape index (κ1) is 14.9. The van der Waals surface area contributed by atoms with E-state index in [2.05, 4.69) is 17.3 Å². The van der Waals surface area contributed by atoms with Crippen molar-refractivity contribution in [2.45, 2.75) is 58.4 Å². The molecule has 0 spiro atoms. The summed E-state index contributed by atoms with van der Waals surface area (Å²) in [6.45, 7) is 4.23. The summed E-state index contributed by atoms with van der Waals surface area (Å²) >= 11 is 0. The number of rotatable bonds is 4. The first-order chi connectivity index (χ1) is 9.56. The van der Waals surface area contributed by atoms with Gasteiger partial charge in [0.25, 0.3) is 5.91 Å². The van der Waals surface area contributed by atoms with Crippen LogP contribution in [0.5, 0.6) is 0 Å². The molecule has 0 unspecified atom stereocenters. The van der Waals surface area contributed by atoms with Crippen LogP contribution in [-0.4, -0.2) is 21.7 Å². The van der Waals surface area contributed by atoms with Gasteiger partial charge in [0.1, 0.15) is 5.69 Å². The van der Waals surface area contributed by atoms with Gasteiger partial charge in [0.05, 0.1) is 11.4 Å². The molecule has 3 N–H and O–H groups in total. The molecule has 20 heavy (non-hydrogen) atoms. The predicted molar refractivity (Wildman–Crippen MR) is 80.5 cm³/mol. The first-order valence-corrected chi connectivity index (χ1v) is 7.68. The Balaban J connectivity index is 2.01. The molecule has 5 heteroatoms. The number of carbonyl (C=O) groups excluding carboxylic acids is 1. The fourth-order valence-electron chi connectivity index (χ4n) is 3.10. The summed E-state index contributed by atoms with van der Waals surface area (Å²) < 4.78 is 1.60. The zero-order valence-electron chi connectivity index (χ0n) is 12.8. The maximum atomic E-state index is 12.4. The van der Waals surface area contributed by atoms with Gasteiger partial charge < -0.3 is 11.1 Å². The third kappa shape index (κ3) is 2.97. The molecule has 0 saturated heterocycles. The predicted octanol–water partition coefficient (Wildman–Crippen LogP) is 2.26. The summed E-state index contributed by atoms with van der Waals surface area (Å²) in [7, 11) is 1.78. The van der Waals surface area contributed by atoms with Crippen LogP contribution < -0.4 is 11.1 Å². The molecule has 1 fully saturated rings. The maximum absolute atomic E-state index is 12.4. The van der Waals surface area contributed by atoms with Gasteiger partial charge in [-0.2, -0.15) is 5.10 Å². The van der Waals surface area contributed by atoms with Crippen molar-refractivity contribution >= 4 is 11.6 Å². The number of hydrogen-bond donors (Lipinski definition) is 2. The molecule has 1 heterocycles. The van der Waals surface area contributed by atoms with Gasteiger partial charge in [-0.3, -0.25) is 9.48 Å². The first-order valence-electron chi connectivity index (χ1n) is 7.68. The third-order valence-electron chi connectivity index (χ3n) is 4.47. The lowest BCUT2D eigenvalue weighted by Crippen LogP contribution is -2.38. The summed E-state index contributed by atoms with van der Waals surface area (Å²) in [6, 6.07) is 0.282. The average molecular weight is 278 g/mol. The minimum atomic E-state index is -0.0860. The Bertz CT molecular complexity index is 472. The molecule has 1 aromatic heterocycles. The van der Waals surface area contributed by atoms with E-state index in [4.69, 9.17) is 5.73 Å². The monoisotopic (exact) mass is 278 g/mol. The third-order valence-corrected chi connectivity index (χ3v) is 4.47. The highest BCUT2D eigenvalue weighted by molar-refractivity contribution is 5.98. The molecule has 0 atom stereocenters. The van der Waals surface area contributed by atoms with E-state index in [9.17, 15) is 4.79 Å². The number of aryl methyl sites for hydroxylation is 2.